The van der Waals surface area contributed by atoms with Crippen LogP contribution in [-0.4, -0.2) is 41.0 Å². The third kappa shape index (κ3) is 2.60. The summed E-state index contributed by atoms with van der Waals surface area (Å²) in [4.78, 5) is 7.76. The molecule has 1 aromatic carbocycles. The van der Waals surface area contributed by atoms with Crippen LogP contribution in [0.4, 0.5) is 5.69 Å². The lowest BCUT2D eigenvalue weighted by Gasteiger charge is -2.32. The van der Waals surface area contributed by atoms with Crippen molar-refractivity contribution in [3.8, 4) is 29.3 Å². The summed E-state index contributed by atoms with van der Waals surface area (Å²) in [6.45, 7) is 4.09. The summed E-state index contributed by atoms with van der Waals surface area (Å²) >= 11 is 6.58. The van der Waals surface area contributed by atoms with E-state index in [4.69, 9.17) is 20.9 Å². The zero-order valence-corrected chi connectivity index (χ0v) is 17.5. The first kappa shape index (κ1) is 18.4. The number of nitrogens with zero attached hydrogens (tertiary/aromatic N) is 8. The molecule has 1 saturated heterocycles. The number of alkyl halides is 1. The summed E-state index contributed by atoms with van der Waals surface area (Å²) in [5.74, 6) is 2.33. The van der Waals surface area contributed by atoms with Crippen molar-refractivity contribution in [2.45, 2.75) is 44.0 Å². The van der Waals surface area contributed by atoms with Crippen LogP contribution in [0.25, 0.3) is 28.9 Å². The molecule has 0 radical (unpaired) electrons. The van der Waals surface area contributed by atoms with Crippen molar-refractivity contribution in [1.82, 2.24) is 29.8 Å². The Labute approximate surface area is 182 Å². The van der Waals surface area contributed by atoms with Crippen molar-refractivity contribution in [3.63, 3.8) is 0 Å². The van der Waals surface area contributed by atoms with Gasteiger partial charge >= 0.3 is 0 Å². The summed E-state index contributed by atoms with van der Waals surface area (Å²) in [5.41, 5.74) is 0.751. The fraction of sp³-hybridized carbons (Fsp3) is 0.350. The molecule has 11 heteroatoms. The van der Waals surface area contributed by atoms with E-state index in [1.807, 2.05) is 43.0 Å². The average Bonchev–Trinajstić information content (AvgIpc) is 3.52. The Hall–Kier alpha value is -3.42. The van der Waals surface area contributed by atoms with Gasteiger partial charge in [-0.15, -0.1) is 10.2 Å². The fourth-order valence-electron chi connectivity index (χ4n) is 4.27. The van der Waals surface area contributed by atoms with Gasteiger partial charge in [0, 0.05) is 5.56 Å². The second-order valence-corrected chi connectivity index (χ2v) is 8.63. The summed E-state index contributed by atoms with van der Waals surface area (Å²) < 4.78 is 13.4. The molecule has 2 unspecified atom stereocenters. The SMILES string of the molecule is CC1(C)CCC(c2noc(-c3nnc4n3C3=CN(C#N)C(Cl)N3c3ccccc3-4)n2)O1. The van der Waals surface area contributed by atoms with Crippen LogP contribution < -0.4 is 4.90 Å². The zero-order valence-electron chi connectivity index (χ0n) is 16.7. The van der Waals surface area contributed by atoms with Crippen molar-refractivity contribution in [2.75, 3.05) is 4.90 Å². The van der Waals surface area contributed by atoms with Crippen molar-refractivity contribution >= 4 is 23.1 Å². The molecule has 2 atom stereocenters. The van der Waals surface area contributed by atoms with Crippen LogP contribution in [0.5, 0.6) is 0 Å². The molecule has 0 N–H and O–H groups in total. The predicted molar refractivity (Wildman–Crippen MR) is 110 cm³/mol. The van der Waals surface area contributed by atoms with E-state index in [9.17, 15) is 5.26 Å². The van der Waals surface area contributed by atoms with Crippen LogP contribution in [0.1, 0.15) is 38.6 Å². The van der Waals surface area contributed by atoms with Gasteiger partial charge in [0.15, 0.2) is 17.6 Å². The topological polar surface area (TPSA) is 109 Å². The first-order valence-corrected chi connectivity index (χ1v) is 10.3. The highest BCUT2D eigenvalue weighted by Crippen LogP contribution is 2.46. The molecule has 3 aromatic rings. The number of benzene rings is 1. The van der Waals surface area contributed by atoms with Crippen LogP contribution in [-0.2, 0) is 4.74 Å². The van der Waals surface area contributed by atoms with E-state index in [2.05, 4.69) is 26.5 Å². The molecule has 3 aliphatic rings. The number of para-hydroxylation sites is 1. The highest BCUT2D eigenvalue weighted by Gasteiger charge is 2.42. The normalized spacial score (nSPS) is 23.2. The Kier molecular flexibility index (Phi) is 3.73. The molecule has 5 heterocycles. The van der Waals surface area contributed by atoms with Gasteiger partial charge in [0.05, 0.1) is 17.5 Å². The maximum atomic E-state index is 9.51. The van der Waals surface area contributed by atoms with Crippen molar-refractivity contribution in [1.29, 1.82) is 5.26 Å². The van der Waals surface area contributed by atoms with E-state index in [-0.39, 0.29) is 17.6 Å². The van der Waals surface area contributed by atoms with E-state index in [1.165, 1.54) is 4.90 Å². The minimum atomic E-state index is -0.711. The Morgan fingerprint density at radius 2 is 2.03 bits per heavy atom. The lowest BCUT2D eigenvalue weighted by molar-refractivity contribution is -0.0207. The van der Waals surface area contributed by atoms with Gasteiger partial charge in [-0.1, -0.05) is 28.9 Å². The summed E-state index contributed by atoms with van der Waals surface area (Å²) in [7, 11) is 0. The second kappa shape index (κ2) is 6.29. The Morgan fingerprint density at radius 1 is 1.23 bits per heavy atom. The number of fused-ring (bicyclic) bond motifs is 6. The zero-order chi connectivity index (χ0) is 21.3. The lowest BCUT2D eigenvalue weighted by Crippen LogP contribution is -2.36. The number of halogens is 1. The van der Waals surface area contributed by atoms with E-state index in [1.54, 1.807) is 10.8 Å². The molecule has 31 heavy (non-hydrogen) atoms. The summed E-state index contributed by atoms with van der Waals surface area (Å²) in [6, 6.07) is 7.69. The highest BCUT2D eigenvalue weighted by molar-refractivity contribution is 6.23. The fourth-order valence-corrected chi connectivity index (χ4v) is 4.57. The second-order valence-electron chi connectivity index (χ2n) is 8.24. The first-order chi connectivity index (χ1) is 15.0. The third-order valence-electron chi connectivity index (χ3n) is 5.75. The highest BCUT2D eigenvalue weighted by atomic mass is 35.5. The maximum absolute atomic E-state index is 9.51. The molecule has 6 rings (SSSR count). The number of nitriles is 1. The number of rotatable bonds is 2. The molecule has 2 aromatic heterocycles. The van der Waals surface area contributed by atoms with Gasteiger partial charge in [0.1, 0.15) is 11.9 Å². The van der Waals surface area contributed by atoms with Crippen LogP contribution in [0, 0.1) is 11.5 Å². The molecule has 156 valence electrons. The van der Waals surface area contributed by atoms with Crippen LogP contribution in [0.15, 0.2) is 35.0 Å². The van der Waals surface area contributed by atoms with E-state index in [0.29, 0.717) is 23.3 Å². The smallest absolute Gasteiger partial charge is 0.296 e. The van der Waals surface area contributed by atoms with Crippen molar-refractivity contribution in [2.24, 2.45) is 0 Å². The average molecular weight is 437 g/mol. The first-order valence-electron chi connectivity index (χ1n) is 9.87. The molecule has 0 amide bonds. The maximum Gasteiger partial charge on any atom is 0.296 e. The predicted octanol–water partition coefficient (Wildman–Crippen LogP) is 3.52. The summed E-state index contributed by atoms with van der Waals surface area (Å²) in [6.07, 6.45) is 5.27. The Bertz CT molecular complexity index is 1270. The van der Waals surface area contributed by atoms with Crippen LogP contribution >= 0.6 is 11.6 Å². The Balaban J connectivity index is 1.48. The third-order valence-corrected chi connectivity index (χ3v) is 6.15. The molecular weight excluding hydrogens is 420 g/mol. The van der Waals surface area contributed by atoms with Gasteiger partial charge < -0.3 is 9.26 Å². The Morgan fingerprint density at radius 3 is 2.81 bits per heavy atom. The van der Waals surface area contributed by atoms with Gasteiger partial charge in [-0.3, -0.25) is 9.47 Å². The van der Waals surface area contributed by atoms with E-state index < -0.39 is 5.62 Å². The molecule has 0 spiro atoms. The largest absolute Gasteiger partial charge is 0.364 e. The lowest BCUT2D eigenvalue weighted by atomic mass is 10.1. The van der Waals surface area contributed by atoms with Gasteiger partial charge in [-0.25, -0.2) is 4.90 Å². The van der Waals surface area contributed by atoms with Gasteiger partial charge in [-0.2, -0.15) is 10.2 Å². The molecule has 10 nitrogen and oxygen atoms in total. The number of ether oxygens (including phenoxy) is 1. The quantitative estimate of drug-likeness (QED) is 0.338. The molecule has 3 aliphatic heterocycles. The summed E-state index contributed by atoms with van der Waals surface area (Å²) in [5, 5.41) is 22.4. The molecule has 0 saturated carbocycles. The molecule has 1 fully saturated rings. The number of anilines is 1. The number of hydrogen-bond acceptors (Lipinski definition) is 9. The minimum absolute atomic E-state index is 0.214. The standard InChI is InChI=1S/C20H17ClN8O2/c1-20(2)8-7-13(30-20)15-23-18(31-26-15)17-25-24-16-11-5-3-4-6-12(11)28-14(29(16)17)9-27(10-22)19(28)21/h3-6,9,13,19H,7-8H2,1-2H3. The number of aromatic nitrogens is 5. The van der Waals surface area contributed by atoms with E-state index in [0.717, 1.165) is 24.1 Å². The van der Waals surface area contributed by atoms with Crippen molar-refractivity contribution in [3.05, 3.63) is 36.3 Å². The number of hydrogen-bond donors (Lipinski definition) is 0. The monoisotopic (exact) mass is 436 g/mol. The molecular formula is C20H17ClN8O2. The molecule has 0 aliphatic carbocycles. The van der Waals surface area contributed by atoms with Crippen LogP contribution in [0.2, 0.25) is 0 Å². The van der Waals surface area contributed by atoms with Gasteiger partial charge in [0.2, 0.25) is 11.6 Å². The minimum Gasteiger partial charge on any atom is -0.364 e. The van der Waals surface area contributed by atoms with Gasteiger partial charge in [0.25, 0.3) is 5.89 Å². The molecule has 0 bridgehead atoms. The van der Waals surface area contributed by atoms with Crippen LogP contribution in [0.3, 0.4) is 0 Å². The van der Waals surface area contributed by atoms with Crippen molar-refractivity contribution < 1.29 is 9.26 Å². The van der Waals surface area contributed by atoms with Gasteiger partial charge in [-0.05, 0) is 38.8 Å². The van der Waals surface area contributed by atoms with E-state index >= 15 is 0 Å².